The van der Waals surface area contributed by atoms with Crippen LogP contribution in [0.3, 0.4) is 0 Å². The van der Waals surface area contributed by atoms with Crippen LogP contribution in [0.25, 0.3) is 0 Å². The fraction of sp³-hybridized carbons (Fsp3) is 0.588. The van der Waals surface area contributed by atoms with Gasteiger partial charge in [-0.25, -0.2) is 0 Å². The Kier molecular flexibility index (Phi) is 5.18. The first-order valence-electron chi connectivity index (χ1n) is 7.59. The molecule has 1 aromatic rings. The van der Waals surface area contributed by atoms with E-state index in [1.807, 2.05) is 0 Å². The summed E-state index contributed by atoms with van der Waals surface area (Å²) in [5.41, 5.74) is 3.91. The molecule has 20 heavy (non-hydrogen) atoms. The van der Waals surface area contributed by atoms with Crippen molar-refractivity contribution in [2.75, 3.05) is 6.61 Å². The number of nitrogens with one attached hydrogen (secondary N) is 1. The van der Waals surface area contributed by atoms with Gasteiger partial charge in [0.15, 0.2) is 0 Å². The number of carbonyl (C=O) groups excluding carboxylic acids is 1. The Morgan fingerprint density at radius 2 is 2.05 bits per heavy atom. The summed E-state index contributed by atoms with van der Waals surface area (Å²) >= 11 is 0. The van der Waals surface area contributed by atoms with Crippen molar-refractivity contribution in [1.82, 2.24) is 5.32 Å². The fourth-order valence-electron chi connectivity index (χ4n) is 2.95. The van der Waals surface area contributed by atoms with Gasteiger partial charge in [0.2, 0.25) is 5.91 Å². The maximum atomic E-state index is 12.0. The lowest BCUT2D eigenvalue weighted by Gasteiger charge is -2.18. The summed E-state index contributed by atoms with van der Waals surface area (Å²) in [6, 6.07) is 6.25. The van der Waals surface area contributed by atoms with Gasteiger partial charge in [-0.15, -0.1) is 0 Å². The average molecular weight is 275 g/mol. The Hall–Kier alpha value is -1.35. The summed E-state index contributed by atoms with van der Waals surface area (Å²) in [6.45, 7) is 4.19. The smallest absolute Gasteiger partial charge is 0.224 e. The average Bonchev–Trinajstić information content (AvgIpc) is 2.84. The highest BCUT2D eigenvalue weighted by Gasteiger charge is 2.15. The topological polar surface area (TPSA) is 49.3 Å². The van der Waals surface area contributed by atoms with E-state index >= 15 is 0 Å². The van der Waals surface area contributed by atoms with Crippen LogP contribution in [-0.4, -0.2) is 23.7 Å². The number of aliphatic hydroxyl groups excluding tert-OH is 1. The highest BCUT2D eigenvalue weighted by molar-refractivity contribution is 5.79. The van der Waals surface area contributed by atoms with Crippen molar-refractivity contribution in [3.63, 3.8) is 0 Å². The van der Waals surface area contributed by atoms with E-state index in [4.69, 9.17) is 0 Å². The van der Waals surface area contributed by atoms with Crippen LogP contribution in [-0.2, 0) is 24.1 Å². The molecule has 2 rings (SSSR count). The van der Waals surface area contributed by atoms with Crippen LogP contribution in [0.15, 0.2) is 18.2 Å². The minimum Gasteiger partial charge on any atom is -0.394 e. The molecule has 0 saturated carbocycles. The largest absolute Gasteiger partial charge is 0.394 e. The molecule has 3 nitrogen and oxygen atoms in total. The molecule has 0 aromatic heterocycles. The monoisotopic (exact) mass is 275 g/mol. The van der Waals surface area contributed by atoms with Crippen LogP contribution in [0.5, 0.6) is 0 Å². The van der Waals surface area contributed by atoms with Crippen LogP contribution < -0.4 is 5.32 Å². The molecule has 0 aliphatic heterocycles. The van der Waals surface area contributed by atoms with E-state index in [1.165, 1.54) is 24.0 Å². The number of amides is 1. The molecule has 1 aromatic carbocycles. The normalized spacial score (nSPS) is 15.2. The molecule has 0 heterocycles. The first kappa shape index (κ1) is 15.0. The van der Waals surface area contributed by atoms with Gasteiger partial charge in [-0.2, -0.15) is 0 Å². The summed E-state index contributed by atoms with van der Waals surface area (Å²) in [6.07, 6.45) is 4.75. The minimum absolute atomic E-state index is 0.00245. The Bertz CT molecular complexity index is 468. The van der Waals surface area contributed by atoms with Gasteiger partial charge < -0.3 is 10.4 Å². The second-order valence-electron chi connectivity index (χ2n) is 6.21. The number of aliphatic hydroxyl groups is 1. The first-order valence-corrected chi connectivity index (χ1v) is 7.59. The van der Waals surface area contributed by atoms with Gasteiger partial charge in [0.25, 0.3) is 0 Å². The molecule has 1 unspecified atom stereocenters. The number of benzene rings is 1. The predicted octanol–water partition coefficient (Wildman–Crippen LogP) is 2.24. The predicted molar refractivity (Wildman–Crippen MR) is 80.6 cm³/mol. The molecule has 1 aliphatic carbocycles. The zero-order valence-electron chi connectivity index (χ0n) is 12.5. The lowest BCUT2D eigenvalue weighted by Crippen LogP contribution is -2.39. The van der Waals surface area contributed by atoms with Gasteiger partial charge in [0.05, 0.1) is 19.1 Å². The number of aryl methyl sites for hydroxylation is 2. The second-order valence-corrected chi connectivity index (χ2v) is 6.21. The van der Waals surface area contributed by atoms with Gasteiger partial charge in [-0.3, -0.25) is 4.79 Å². The number of fused-ring (bicyclic) bond motifs is 1. The first-order chi connectivity index (χ1) is 9.58. The van der Waals surface area contributed by atoms with E-state index < -0.39 is 0 Å². The van der Waals surface area contributed by atoms with Crippen molar-refractivity contribution < 1.29 is 9.90 Å². The maximum Gasteiger partial charge on any atom is 0.224 e. The summed E-state index contributed by atoms with van der Waals surface area (Å²) in [5, 5.41) is 12.2. The lowest BCUT2D eigenvalue weighted by atomic mass is 10.0. The fourth-order valence-corrected chi connectivity index (χ4v) is 2.95. The van der Waals surface area contributed by atoms with Gasteiger partial charge in [-0.1, -0.05) is 32.0 Å². The van der Waals surface area contributed by atoms with Gasteiger partial charge in [-0.05, 0) is 48.3 Å². The van der Waals surface area contributed by atoms with Crippen molar-refractivity contribution in [2.45, 2.75) is 52.0 Å². The molecule has 0 bridgehead atoms. The number of hydrogen-bond acceptors (Lipinski definition) is 2. The molecule has 2 N–H and O–H groups in total. The van der Waals surface area contributed by atoms with Crippen LogP contribution >= 0.6 is 0 Å². The standard InChI is InChI=1S/C17H25NO2/c1-12(2)8-16(11-19)18-17(20)10-13-6-7-14-4-3-5-15(14)9-13/h6-7,9,12,16,19H,3-5,8,10-11H2,1-2H3,(H,18,20). The quantitative estimate of drug-likeness (QED) is 0.836. The van der Waals surface area contributed by atoms with Crippen molar-refractivity contribution >= 4 is 5.91 Å². The van der Waals surface area contributed by atoms with E-state index in [1.54, 1.807) is 0 Å². The minimum atomic E-state index is -0.128. The zero-order chi connectivity index (χ0) is 14.5. The summed E-state index contributed by atoms with van der Waals surface area (Å²) in [7, 11) is 0. The third kappa shape index (κ3) is 4.07. The van der Waals surface area contributed by atoms with Crippen LogP contribution in [0.4, 0.5) is 0 Å². The Labute approximate surface area is 121 Å². The highest BCUT2D eigenvalue weighted by atomic mass is 16.3. The van der Waals surface area contributed by atoms with E-state index in [0.29, 0.717) is 12.3 Å². The molecule has 3 heteroatoms. The van der Waals surface area contributed by atoms with E-state index in [9.17, 15) is 9.90 Å². The molecule has 1 amide bonds. The molecular weight excluding hydrogens is 250 g/mol. The number of hydrogen-bond donors (Lipinski definition) is 2. The molecule has 0 spiro atoms. The number of carbonyl (C=O) groups is 1. The van der Waals surface area contributed by atoms with E-state index in [0.717, 1.165) is 18.4 Å². The van der Waals surface area contributed by atoms with Crippen molar-refractivity contribution in [3.05, 3.63) is 34.9 Å². The molecule has 0 saturated heterocycles. The van der Waals surface area contributed by atoms with Gasteiger partial charge in [0, 0.05) is 0 Å². The molecule has 110 valence electrons. The number of rotatable bonds is 6. The summed E-state index contributed by atoms with van der Waals surface area (Å²) in [4.78, 5) is 12.0. The zero-order valence-corrected chi connectivity index (χ0v) is 12.5. The molecule has 0 fully saturated rings. The lowest BCUT2D eigenvalue weighted by molar-refractivity contribution is -0.121. The van der Waals surface area contributed by atoms with Crippen molar-refractivity contribution in [2.24, 2.45) is 5.92 Å². The van der Waals surface area contributed by atoms with Gasteiger partial charge in [0.1, 0.15) is 0 Å². The van der Waals surface area contributed by atoms with Crippen LogP contribution in [0.2, 0.25) is 0 Å². The molecule has 1 atom stereocenters. The molecule has 1 aliphatic rings. The molecular formula is C17H25NO2. The Balaban J connectivity index is 1.90. The van der Waals surface area contributed by atoms with Crippen molar-refractivity contribution in [1.29, 1.82) is 0 Å². The third-order valence-corrected chi connectivity index (χ3v) is 3.87. The van der Waals surface area contributed by atoms with E-state index in [2.05, 4.69) is 37.4 Å². The van der Waals surface area contributed by atoms with Gasteiger partial charge >= 0.3 is 0 Å². The Morgan fingerprint density at radius 1 is 1.30 bits per heavy atom. The molecule has 0 radical (unpaired) electrons. The summed E-state index contributed by atoms with van der Waals surface area (Å²) in [5.74, 6) is 0.468. The third-order valence-electron chi connectivity index (χ3n) is 3.87. The summed E-state index contributed by atoms with van der Waals surface area (Å²) < 4.78 is 0. The highest BCUT2D eigenvalue weighted by Crippen LogP contribution is 2.23. The SMILES string of the molecule is CC(C)CC(CO)NC(=O)Cc1ccc2c(c1)CCC2. The van der Waals surface area contributed by atoms with Crippen LogP contribution in [0, 0.1) is 5.92 Å². The maximum absolute atomic E-state index is 12.0. The van der Waals surface area contributed by atoms with Crippen LogP contribution in [0.1, 0.15) is 43.4 Å². The van der Waals surface area contributed by atoms with Crippen molar-refractivity contribution in [3.8, 4) is 0 Å². The Morgan fingerprint density at radius 3 is 2.75 bits per heavy atom. The second kappa shape index (κ2) is 6.89. The van der Waals surface area contributed by atoms with E-state index in [-0.39, 0.29) is 18.6 Å².